The number of rotatable bonds is 10. The molecule has 0 fully saturated rings. The Morgan fingerprint density at radius 1 is 0.778 bits per heavy atom. The Labute approximate surface area is 173 Å². The molecule has 0 amide bonds. The summed E-state index contributed by atoms with van der Waals surface area (Å²) in [7, 11) is -4.09. The van der Waals surface area contributed by atoms with Crippen molar-refractivity contribution in [3.8, 4) is 0 Å². The van der Waals surface area contributed by atoms with E-state index >= 15 is 0 Å². The molecule has 1 radical (unpaired) electrons. The molecule has 2 aromatic rings. The van der Waals surface area contributed by atoms with E-state index in [1.165, 1.54) is 50.7 Å². The van der Waals surface area contributed by atoms with Crippen LogP contribution in [0.5, 0.6) is 0 Å². The van der Waals surface area contributed by atoms with Gasteiger partial charge in [-0.25, -0.2) is 0 Å². The maximum absolute atomic E-state index is 10.8. The minimum Gasteiger partial charge on any atom is -0.282 e. The topological polar surface area (TPSA) is 54.4 Å². The summed E-state index contributed by atoms with van der Waals surface area (Å²) in [6.45, 7) is 7.00. The van der Waals surface area contributed by atoms with E-state index in [0.29, 0.717) is 0 Å². The maximum Gasteiger partial charge on any atom is 0.294 e. The van der Waals surface area contributed by atoms with E-state index in [4.69, 9.17) is 4.55 Å². The van der Waals surface area contributed by atoms with Gasteiger partial charge in [-0.15, -0.1) is 0 Å². The Bertz CT molecular complexity index is 740. The monoisotopic (exact) mass is 499 g/mol. The second-order valence-corrected chi connectivity index (χ2v) is 17.0. The standard InChI is InChI=1S/C10H8O3S.3C4H9.Sn/c11-14(12,13)10-6-5-8-3-1-2-4-9(8)7-10;3*1-3-4-2;/h1-7H,(H,11,12,13);3*1,3-4H2,2H3;. The van der Waals surface area contributed by atoms with Crippen LogP contribution in [0.1, 0.15) is 59.3 Å². The summed E-state index contributed by atoms with van der Waals surface area (Å²) in [6.07, 6.45) is 8.85. The van der Waals surface area contributed by atoms with Gasteiger partial charge in [-0.3, -0.25) is 4.55 Å². The first-order chi connectivity index (χ1) is 12.9. The van der Waals surface area contributed by atoms with Crippen LogP contribution < -0.4 is 0 Å². The van der Waals surface area contributed by atoms with Gasteiger partial charge in [0.05, 0.1) is 4.90 Å². The Balaban J connectivity index is 0.000000271. The molecule has 0 heterocycles. The van der Waals surface area contributed by atoms with Crippen LogP contribution in [-0.4, -0.2) is 32.7 Å². The van der Waals surface area contributed by atoms with Crippen LogP contribution in [0.2, 0.25) is 13.3 Å². The average molecular weight is 498 g/mol. The molecule has 0 spiro atoms. The summed E-state index contributed by atoms with van der Waals surface area (Å²) in [6, 6.07) is 11.9. The van der Waals surface area contributed by atoms with Crippen molar-refractivity contribution in [2.45, 2.75) is 77.5 Å². The third-order valence-corrected chi connectivity index (χ3v) is 14.6. The molecule has 0 unspecified atom stereocenters. The van der Waals surface area contributed by atoms with Gasteiger partial charge < -0.3 is 0 Å². The predicted molar refractivity (Wildman–Crippen MR) is 119 cm³/mol. The summed E-state index contributed by atoms with van der Waals surface area (Å²) in [5.41, 5.74) is 0. The van der Waals surface area contributed by atoms with E-state index in [-0.39, 0.29) is 4.90 Å². The third-order valence-electron chi connectivity index (χ3n) is 4.67. The molecule has 27 heavy (non-hydrogen) atoms. The molecule has 5 heteroatoms. The van der Waals surface area contributed by atoms with E-state index < -0.39 is 29.9 Å². The van der Waals surface area contributed by atoms with Crippen molar-refractivity contribution >= 4 is 40.7 Å². The molecule has 0 atom stereocenters. The minimum absolute atomic E-state index is 0.0730. The molecule has 0 aromatic heterocycles. The fraction of sp³-hybridized carbons (Fsp3) is 0.545. The van der Waals surface area contributed by atoms with Crippen LogP contribution in [0.4, 0.5) is 0 Å². The van der Waals surface area contributed by atoms with E-state index in [9.17, 15) is 8.42 Å². The Hall–Kier alpha value is -0.591. The van der Waals surface area contributed by atoms with Crippen LogP contribution in [0.15, 0.2) is 47.4 Å². The van der Waals surface area contributed by atoms with Crippen LogP contribution in [0.25, 0.3) is 10.8 Å². The first kappa shape index (κ1) is 24.4. The van der Waals surface area contributed by atoms with Gasteiger partial charge in [0.25, 0.3) is 10.1 Å². The Kier molecular flexibility index (Phi) is 12.3. The number of fused-ring (bicyclic) bond motifs is 1. The fourth-order valence-electron chi connectivity index (χ4n) is 2.98. The van der Waals surface area contributed by atoms with Gasteiger partial charge in [-0.1, -0.05) is 30.3 Å². The predicted octanol–water partition coefficient (Wildman–Crippen LogP) is 6.97. The van der Waals surface area contributed by atoms with Gasteiger partial charge in [0.1, 0.15) is 0 Å². The average Bonchev–Trinajstić information content (AvgIpc) is 2.67. The number of hydrogen-bond donors (Lipinski definition) is 1. The first-order valence-corrected chi connectivity index (χ1v) is 17.7. The van der Waals surface area contributed by atoms with Crippen LogP contribution in [0.3, 0.4) is 0 Å². The molecule has 0 saturated heterocycles. The van der Waals surface area contributed by atoms with E-state index in [1.807, 2.05) is 18.2 Å². The molecule has 0 aliphatic carbocycles. The first-order valence-electron chi connectivity index (χ1n) is 10.2. The van der Waals surface area contributed by atoms with Crippen LogP contribution >= 0.6 is 0 Å². The third kappa shape index (κ3) is 9.95. The van der Waals surface area contributed by atoms with Crippen molar-refractivity contribution in [3.05, 3.63) is 42.5 Å². The summed E-state index contributed by atoms with van der Waals surface area (Å²) < 4.78 is 35.5. The molecular weight excluding hydrogens is 463 g/mol. The Morgan fingerprint density at radius 2 is 1.26 bits per heavy atom. The van der Waals surface area contributed by atoms with Crippen molar-refractivity contribution in [3.63, 3.8) is 0 Å². The zero-order chi connectivity index (χ0) is 20.1. The van der Waals surface area contributed by atoms with Crippen molar-refractivity contribution in [2.75, 3.05) is 0 Å². The molecule has 0 aliphatic rings. The molecule has 3 nitrogen and oxygen atoms in total. The van der Waals surface area contributed by atoms with Gasteiger partial charge in [-0.05, 0) is 22.9 Å². The van der Waals surface area contributed by atoms with Crippen molar-refractivity contribution in [1.82, 2.24) is 0 Å². The molecule has 0 bridgehead atoms. The smallest absolute Gasteiger partial charge is 0.282 e. The van der Waals surface area contributed by atoms with Crippen molar-refractivity contribution in [2.24, 2.45) is 0 Å². The summed E-state index contributed by atoms with van der Waals surface area (Å²) in [5.74, 6) is 0. The largest absolute Gasteiger partial charge is 0.294 e. The second-order valence-electron chi connectivity index (χ2n) is 7.04. The van der Waals surface area contributed by atoms with Gasteiger partial charge in [0.2, 0.25) is 0 Å². The zero-order valence-electron chi connectivity index (χ0n) is 17.1. The summed E-state index contributed by atoms with van der Waals surface area (Å²) >= 11 is -0.839. The van der Waals surface area contributed by atoms with Gasteiger partial charge >= 0.3 is 92.4 Å². The number of benzene rings is 2. The van der Waals surface area contributed by atoms with Crippen LogP contribution in [-0.2, 0) is 10.1 Å². The SMILES string of the molecule is CCC[CH2][Sn]([CH2]CCC)[CH2]CCC.O=S(=O)(O)c1ccc2ccccc2c1. The minimum atomic E-state index is -4.09. The summed E-state index contributed by atoms with van der Waals surface area (Å²) in [4.78, 5) is -0.0730. The van der Waals surface area contributed by atoms with Gasteiger partial charge in [0, 0.05) is 0 Å². The Morgan fingerprint density at radius 3 is 1.70 bits per heavy atom. The second kappa shape index (κ2) is 13.6. The van der Waals surface area contributed by atoms with Crippen molar-refractivity contribution < 1.29 is 13.0 Å². The molecule has 151 valence electrons. The molecule has 1 N–H and O–H groups in total. The molecule has 2 aromatic carbocycles. The molecule has 0 aliphatic heterocycles. The van der Waals surface area contributed by atoms with E-state index in [0.717, 1.165) is 10.8 Å². The van der Waals surface area contributed by atoms with Crippen molar-refractivity contribution in [1.29, 1.82) is 0 Å². The fourth-order valence-corrected chi connectivity index (χ4v) is 12.9. The molecule has 2 rings (SSSR count). The molecule has 0 saturated carbocycles. The molecular formula is C22H35O3SSn. The number of unbranched alkanes of at least 4 members (excludes halogenated alkanes) is 3. The van der Waals surface area contributed by atoms with Gasteiger partial charge in [0.15, 0.2) is 0 Å². The maximum atomic E-state index is 10.8. The number of hydrogen-bond acceptors (Lipinski definition) is 2. The quantitative estimate of drug-likeness (QED) is 0.285. The van der Waals surface area contributed by atoms with E-state index in [1.54, 1.807) is 25.4 Å². The summed E-state index contributed by atoms with van der Waals surface area (Å²) in [5, 5.41) is 1.74. The van der Waals surface area contributed by atoms with Crippen LogP contribution in [0, 0.1) is 0 Å². The zero-order valence-corrected chi connectivity index (χ0v) is 20.7. The van der Waals surface area contributed by atoms with Gasteiger partial charge in [-0.2, -0.15) is 8.42 Å². The van der Waals surface area contributed by atoms with E-state index in [2.05, 4.69) is 20.8 Å². The normalized spacial score (nSPS) is 11.4.